The van der Waals surface area contributed by atoms with Gasteiger partial charge in [-0.05, 0) is 42.7 Å². The third-order valence-electron chi connectivity index (χ3n) is 4.92. The minimum atomic E-state index is -0.562. The van der Waals surface area contributed by atoms with Gasteiger partial charge in [-0.2, -0.15) is 0 Å². The summed E-state index contributed by atoms with van der Waals surface area (Å²) in [7, 11) is 3.38. The topological polar surface area (TPSA) is 48.9 Å². The normalized spacial score (nSPS) is 17.0. The first kappa shape index (κ1) is 19.9. The Balaban J connectivity index is 1.54. The quantitative estimate of drug-likeness (QED) is 0.610. The van der Waals surface area contributed by atoms with Crippen LogP contribution in [0.5, 0.6) is 5.75 Å². The van der Waals surface area contributed by atoms with Crippen LogP contribution in [0.1, 0.15) is 17.5 Å². The number of hydrogen-bond acceptors (Lipinski definition) is 3. The minimum Gasteiger partial charge on any atom is -0.496 e. The van der Waals surface area contributed by atoms with Gasteiger partial charge >= 0.3 is 0 Å². The maximum Gasteiger partial charge on any atom is 0.191 e. The van der Waals surface area contributed by atoms with Gasteiger partial charge in [-0.25, -0.2) is 8.78 Å². The van der Waals surface area contributed by atoms with Gasteiger partial charge in [-0.15, -0.1) is 0 Å². The lowest BCUT2D eigenvalue weighted by molar-refractivity contribution is 0.411. The van der Waals surface area contributed by atoms with E-state index in [9.17, 15) is 8.78 Å². The average molecular weight is 388 g/mol. The Morgan fingerprint density at radius 3 is 2.75 bits per heavy atom. The van der Waals surface area contributed by atoms with Crippen LogP contribution in [0, 0.1) is 18.6 Å². The van der Waals surface area contributed by atoms with Crippen LogP contribution in [0.15, 0.2) is 41.4 Å². The van der Waals surface area contributed by atoms with Crippen LogP contribution in [-0.4, -0.2) is 39.2 Å². The number of rotatable bonds is 5. The maximum atomic E-state index is 14.0. The number of aryl methyl sites for hydroxylation is 1. The smallest absolute Gasteiger partial charge is 0.191 e. The Morgan fingerprint density at radius 1 is 1.25 bits per heavy atom. The van der Waals surface area contributed by atoms with Crippen molar-refractivity contribution in [2.24, 2.45) is 4.99 Å². The number of hydrogen-bond donors (Lipinski definition) is 2. The first-order valence-electron chi connectivity index (χ1n) is 9.31. The molecule has 150 valence electrons. The van der Waals surface area contributed by atoms with E-state index in [1.54, 1.807) is 14.2 Å². The zero-order chi connectivity index (χ0) is 20.1. The molecule has 1 unspecified atom stereocenters. The van der Waals surface area contributed by atoms with Crippen molar-refractivity contribution in [3.05, 3.63) is 59.2 Å². The molecule has 0 amide bonds. The molecule has 0 aliphatic carbocycles. The van der Waals surface area contributed by atoms with Crippen molar-refractivity contribution < 1.29 is 13.5 Å². The number of nitrogens with one attached hydrogen (secondary N) is 2. The molecule has 0 spiro atoms. The van der Waals surface area contributed by atoms with Crippen LogP contribution in [0.4, 0.5) is 14.5 Å². The Morgan fingerprint density at radius 2 is 2.07 bits per heavy atom. The van der Waals surface area contributed by atoms with Crippen molar-refractivity contribution in [3.8, 4) is 5.75 Å². The summed E-state index contributed by atoms with van der Waals surface area (Å²) in [5.41, 5.74) is 2.64. The summed E-state index contributed by atoms with van der Waals surface area (Å²) >= 11 is 0. The number of anilines is 1. The van der Waals surface area contributed by atoms with Crippen molar-refractivity contribution in [2.75, 3.05) is 32.1 Å². The van der Waals surface area contributed by atoms with E-state index in [0.29, 0.717) is 31.3 Å². The second-order valence-electron chi connectivity index (χ2n) is 6.90. The van der Waals surface area contributed by atoms with E-state index >= 15 is 0 Å². The summed E-state index contributed by atoms with van der Waals surface area (Å²) in [6, 6.07) is 9.88. The molecule has 1 atom stereocenters. The van der Waals surface area contributed by atoms with Gasteiger partial charge in [0.15, 0.2) is 5.96 Å². The van der Waals surface area contributed by atoms with Crippen LogP contribution in [0.2, 0.25) is 0 Å². The highest BCUT2D eigenvalue weighted by Crippen LogP contribution is 2.24. The molecule has 2 aromatic carbocycles. The Kier molecular flexibility index (Phi) is 6.34. The van der Waals surface area contributed by atoms with E-state index in [2.05, 4.69) is 21.7 Å². The van der Waals surface area contributed by atoms with Gasteiger partial charge in [0.05, 0.1) is 12.8 Å². The number of aliphatic imine (C=N–C) groups is 1. The molecule has 7 heteroatoms. The Labute approximate surface area is 164 Å². The molecule has 3 rings (SSSR count). The van der Waals surface area contributed by atoms with E-state index in [1.165, 1.54) is 12.1 Å². The van der Waals surface area contributed by atoms with Crippen molar-refractivity contribution in [3.63, 3.8) is 0 Å². The molecule has 28 heavy (non-hydrogen) atoms. The number of ether oxygens (including phenoxy) is 1. The number of halogens is 2. The molecule has 1 heterocycles. The first-order chi connectivity index (χ1) is 13.5. The van der Waals surface area contributed by atoms with Crippen LogP contribution in [-0.2, 0) is 6.54 Å². The number of nitrogens with zero attached hydrogens (tertiary/aromatic N) is 2. The molecular formula is C21H26F2N4O. The van der Waals surface area contributed by atoms with Gasteiger partial charge in [0, 0.05) is 38.8 Å². The summed E-state index contributed by atoms with van der Waals surface area (Å²) in [5.74, 6) is 0.469. The predicted octanol–water partition coefficient (Wildman–Crippen LogP) is 3.23. The lowest BCUT2D eigenvalue weighted by atomic mass is 10.1. The fraction of sp³-hybridized carbons (Fsp3) is 0.381. The Bertz CT molecular complexity index is 856. The zero-order valence-corrected chi connectivity index (χ0v) is 16.4. The Hall–Kier alpha value is -2.83. The standard InChI is InChI=1S/C21H26F2N4O/c1-14-10-15(4-7-20(14)28-3)12-25-21(24-2)26-17-8-9-27(13-17)19-6-5-16(22)11-18(19)23/h4-7,10-11,17H,8-9,12-13H2,1-3H3,(H2,24,25,26). The molecule has 1 saturated heterocycles. The lowest BCUT2D eigenvalue weighted by Gasteiger charge is -2.21. The van der Waals surface area contributed by atoms with Crippen LogP contribution < -0.4 is 20.3 Å². The van der Waals surface area contributed by atoms with Gasteiger partial charge in [-0.3, -0.25) is 4.99 Å². The third kappa shape index (κ3) is 4.71. The zero-order valence-electron chi connectivity index (χ0n) is 16.4. The molecule has 2 aromatic rings. The molecular weight excluding hydrogens is 362 g/mol. The molecule has 2 N–H and O–H groups in total. The highest BCUT2D eigenvalue weighted by atomic mass is 19.1. The largest absolute Gasteiger partial charge is 0.496 e. The molecule has 1 aliphatic heterocycles. The van der Waals surface area contributed by atoms with Gasteiger partial charge in [-0.1, -0.05) is 12.1 Å². The third-order valence-corrected chi connectivity index (χ3v) is 4.92. The number of methoxy groups -OCH3 is 1. The van der Waals surface area contributed by atoms with Crippen molar-refractivity contribution in [1.29, 1.82) is 0 Å². The van der Waals surface area contributed by atoms with Crippen molar-refractivity contribution in [1.82, 2.24) is 10.6 Å². The highest BCUT2D eigenvalue weighted by molar-refractivity contribution is 5.80. The summed E-state index contributed by atoms with van der Waals surface area (Å²) < 4.78 is 32.4. The summed E-state index contributed by atoms with van der Waals surface area (Å²) in [4.78, 5) is 6.20. The number of guanidine groups is 1. The van der Waals surface area contributed by atoms with Gasteiger partial charge in [0.25, 0.3) is 0 Å². The second kappa shape index (κ2) is 8.91. The average Bonchev–Trinajstić information content (AvgIpc) is 3.13. The van der Waals surface area contributed by atoms with Gasteiger partial charge in [0.2, 0.25) is 0 Å². The summed E-state index contributed by atoms with van der Waals surface area (Å²) in [6.07, 6.45) is 0.846. The van der Waals surface area contributed by atoms with E-state index in [0.717, 1.165) is 29.4 Å². The SMILES string of the molecule is CN=C(NCc1ccc(OC)c(C)c1)NC1CCN(c2ccc(F)cc2F)C1. The van der Waals surface area contributed by atoms with E-state index in [1.807, 2.05) is 24.0 Å². The summed E-state index contributed by atoms with van der Waals surface area (Å²) in [6.45, 7) is 3.98. The summed E-state index contributed by atoms with van der Waals surface area (Å²) in [5, 5.41) is 6.69. The molecule has 0 saturated carbocycles. The van der Waals surface area contributed by atoms with Crippen molar-refractivity contribution in [2.45, 2.75) is 25.9 Å². The molecule has 0 aromatic heterocycles. The van der Waals surface area contributed by atoms with Crippen LogP contribution in [0.3, 0.4) is 0 Å². The van der Waals surface area contributed by atoms with Crippen LogP contribution >= 0.6 is 0 Å². The van der Waals surface area contributed by atoms with Crippen molar-refractivity contribution >= 4 is 11.6 Å². The molecule has 5 nitrogen and oxygen atoms in total. The monoisotopic (exact) mass is 388 g/mol. The van der Waals surface area contributed by atoms with Gasteiger partial charge < -0.3 is 20.3 Å². The second-order valence-corrected chi connectivity index (χ2v) is 6.90. The van der Waals surface area contributed by atoms with E-state index in [4.69, 9.17) is 4.74 Å². The van der Waals surface area contributed by atoms with E-state index in [-0.39, 0.29) is 6.04 Å². The fourth-order valence-corrected chi connectivity index (χ4v) is 3.46. The molecule has 1 aliphatic rings. The van der Waals surface area contributed by atoms with Crippen LogP contribution in [0.25, 0.3) is 0 Å². The van der Waals surface area contributed by atoms with E-state index < -0.39 is 11.6 Å². The highest BCUT2D eigenvalue weighted by Gasteiger charge is 2.25. The first-order valence-corrected chi connectivity index (χ1v) is 9.31. The lowest BCUT2D eigenvalue weighted by Crippen LogP contribution is -2.44. The maximum absolute atomic E-state index is 14.0. The molecule has 1 fully saturated rings. The molecule has 0 radical (unpaired) electrons. The van der Waals surface area contributed by atoms with Gasteiger partial charge in [0.1, 0.15) is 17.4 Å². The number of benzene rings is 2. The molecule has 0 bridgehead atoms. The minimum absolute atomic E-state index is 0.133. The predicted molar refractivity (Wildman–Crippen MR) is 108 cm³/mol. The fourth-order valence-electron chi connectivity index (χ4n) is 3.46.